The first kappa shape index (κ1) is 10.0. The van der Waals surface area contributed by atoms with E-state index in [0.717, 1.165) is 0 Å². The highest BCUT2D eigenvalue weighted by molar-refractivity contribution is 7.91. The molecular weight excluding hydrogens is 200 g/mol. The Labute approximate surface area is 77.3 Å². The molecule has 5 heteroatoms. The average molecular weight is 211 g/mol. The summed E-state index contributed by atoms with van der Waals surface area (Å²) in [6, 6.07) is 0. The van der Waals surface area contributed by atoms with Gasteiger partial charge in [0, 0.05) is 5.03 Å². The molecule has 0 amide bonds. The molecule has 1 rings (SSSR count). The minimum Gasteiger partial charge on any atom is -0.372 e. The van der Waals surface area contributed by atoms with E-state index in [-0.39, 0.29) is 24.2 Å². The molecule has 1 heterocycles. The van der Waals surface area contributed by atoms with E-state index in [1.807, 2.05) is 0 Å². The molecule has 70 valence electrons. The summed E-state index contributed by atoms with van der Waals surface area (Å²) >= 11 is 5.46. The fraction of sp³-hybridized carbons (Fsp3) is 0.714. The van der Waals surface area contributed by atoms with E-state index in [4.69, 9.17) is 16.3 Å². The molecule has 0 radical (unpaired) electrons. The Morgan fingerprint density at radius 1 is 1.67 bits per heavy atom. The number of halogens is 1. The minimum atomic E-state index is -2.84. The maximum absolute atomic E-state index is 11.0. The van der Waals surface area contributed by atoms with Gasteiger partial charge in [-0.25, -0.2) is 8.42 Å². The van der Waals surface area contributed by atoms with Crippen LogP contribution in [0.4, 0.5) is 0 Å². The topological polar surface area (TPSA) is 43.4 Å². The van der Waals surface area contributed by atoms with Crippen molar-refractivity contribution in [2.24, 2.45) is 0 Å². The van der Waals surface area contributed by atoms with Gasteiger partial charge >= 0.3 is 0 Å². The summed E-state index contributed by atoms with van der Waals surface area (Å²) in [5.74, 6) is 0.351. The summed E-state index contributed by atoms with van der Waals surface area (Å²) in [6.45, 7) is 3.68. The van der Waals surface area contributed by atoms with Crippen LogP contribution in [0.3, 0.4) is 0 Å². The quantitative estimate of drug-likeness (QED) is 0.697. The van der Waals surface area contributed by atoms with Gasteiger partial charge in [-0.1, -0.05) is 18.2 Å². The molecule has 0 spiro atoms. The monoisotopic (exact) mass is 210 g/mol. The first-order valence-electron chi connectivity index (χ1n) is 3.65. The van der Waals surface area contributed by atoms with Gasteiger partial charge in [0.15, 0.2) is 9.84 Å². The second kappa shape index (κ2) is 3.77. The molecule has 1 saturated heterocycles. The normalized spacial score (nSPS) is 27.2. The summed E-state index contributed by atoms with van der Waals surface area (Å²) in [7, 11) is -2.84. The largest absolute Gasteiger partial charge is 0.372 e. The zero-order valence-electron chi connectivity index (χ0n) is 6.62. The van der Waals surface area contributed by atoms with Crippen LogP contribution < -0.4 is 0 Å². The number of rotatable bonds is 3. The summed E-state index contributed by atoms with van der Waals surface area (Å²) < 4.78 is 27.1. The van der Waals surface area contributed by atoms with Crippen LogP contribution in [0.1, 0.15) is 6.42 Å². The van der Waals surface area contributed by atoms with Crippen molar-refractivity contribution in [1.29, 1.82) is 0 Å². The zero-order valence-corrected chi connectivity index (χ0v) is 8.20. The molecule has 1 aliphatic heterocycles. The van der Waals surface area contributed by atoms with Crippen LogP contribution in [0.25, 0.3) is 0 Å². The number of sulfone groups is 1. The van der Waals surface area contributed by atoms with E-state index >= 15 is 0 Å². The van der Waals surface area contributed by atoms with Gasteiger partial charge in [-0.05, 0) is 6.42 Å². The molecule has 0 aromatic rings. The third-order valence-electron chi connectivity index (χ3n) is 1.67. The summed E-state index contributed by atoms with van der Waals surface area (Å²) in [5.41, 5.74) is 0. The Hall–Kier alpha value is -0.0600. The van der Waals surface area contributed by atoms with E-state index < -0.39 is 9.84 Å². The Morgan fingerprint density at radius 2 is 2.33 bits per heavy atom. The Balaban J connectivity index is 2.34. The first-order valence-corrected chi connectivity index (χ1v) is 5.85. The van der Waals surface area contributed by atoms with Gasteiger partial charge in [0.2, 0.25) is 0 Å². The van der Waals surface area contributed by atoms with Gasteiger partial charge in [-0.3, -0.25) is 0 Å². The van der Waals surface area contributed by atoms with Gasteiger partial charge < -0.3 is 4.74 Å². The fourth-order valence-electron chi connectivity index (χ4n) is 1.10. The Kier molecular flexibility index (Phi) is 3.15. The molecule has 0 N–H and O–H groups in total. The smallest absolute Gasteiger partial charge is 0.152 e. The van der Waals surface area contributed by atoms with E-state index in [0.29, 0.717) is 11.5 Å². The van der Waals surface area contributed by atoms with Crippen LogP contribution in [0, 0.1) is 0 Å². The van der Waals surface area contributed by atoms with Crippen LogP contribution in [-0.2, 0) is 14.6 Å². The standard InChI is InChI=1S/C7H11ClO3S/c1-6(8)4-11-7-2-3-12(9,10)5-7/h7H,1-5H2/t7-/m0/s1. The van der Waals surface area contributed by atoms with Gasteiger partial charge in [-0.15, -0.1) is 0 Å². The van der Waals surface area contributed by atoms with E-state index in [1.165, 1.54) is 0 Å². The summed E-state index contributed by atoms with van der Waals surface area (Å²) in [6.07, 6.45) is 0.387. The third kappa shape index (κ3) is 3.13. The molecule has 0 aromatic heterocycles. The van der Waals surface area contributed by atoms with Gasteiger partial charge in [0.1, 0.15) is 0 Å². The summed E-state index contributed by atoms with van der Waals surface area (Å²) in [5, 5.41) is 0.402. The lowest BCUT2D eigenvalue weighted by atomic mass is 10.3. The SMILES string of the molecule is C=C(Cl)CO[C@H]1CCS(=O)(=O)C1. The minimum absolute atomic E-state index is 0.122. The van der Waals surface area contributed by atoms with E-state index in [9.17, 15) is 8.42 Å². The molecule has 0 aliphatic carbocycles. The van der Waals surface area contributed by atoms with Crippen molar-refractivity contribution in [2.75, 3.05) is 18.1 Å². The maximum Gasteiger partial charge on any atom is 0.152 e. The molecule has 1 atom stereocenters. The van der Waals surface area contributed by atoms with E-state index in [2.05, 4.69) is 6.58 Å². The average Bonchev–Trinajstić information content (AvgIpc) is 2.26. The highest BCUT2D eigenvalue weighted by atomic mass is 35.5. The van der Waals surface area contributed by atoms with Crippen molar-refractivity contribution < 1.29 is 13.2 Å². The molecule has 1 fully saturated rings. The molecule has 0 aromatic carbocycles. The molecule has 0 bridgehead atoms. The zero-order chi connectivity index (χ0) is 9.19. The van der Waals surface area contributed by atoms with Crippen LogP contribution in [-0.4, -0.2) is 32.6 Å². The first-order chi connectivity index (χ1) is 5.49. The lowest BCUT2D eigenvalue weighted by Crippen LogP contribution is -2.15. The highest BCUT2D eigenvalue weighted by Gasteiger charge is 2.28. The molecular formula is C7H11ClO3S. The lowest BCUT2D eigenvalue weighted by molar-refractivity contribution is 0.0920. The number of ether oxygens (including phenoxy) is 1. The lowest BCUT2D eigenvalue weighted by Gasteiger charge is -2.07. The van der Waals surface area contributed by atoms with Crippen molar-refractivity contribution >= 4 is 21.4 Å². The second-order valence-corrected chi connectivity index (χ2v) is 5.62. The van der Waals surface area contributed by atoms with Crippen LogP contribution >= 0.6 is 11.6 Å². The van der Waals surface area contributed by atoms with E-state index in [1.54, 1.807) is 0 Å². The van der Waals surface area contributed by atoms with Crippen LogP contribution in [0.15, 0.2) is 11.6 Å². The maximum atomic E-state index is 11.0. The van der Waals surface area contributed by atoms with Gasteiger partial charge in [0.25, 0.3) is 0 Å². The highest BCUT2D eigenvalue weighted by Crippen LogP contribution is 2.15. The molecule has 1 aliphatic rings. The van der Waals surface area contributed by atoms with Crippen molar-refractivity contribution in [3.05, 3.63) is 11.6 Å². The molecule has 0 unspecified atom stereocenters. The van der Waals surface area contributed by atoms with Crippen LogP contribution in [0.5, 0.6) is 0 Å². The fourth-order valence-corrected chi connectivity index (χ4v) is 2.78. The Bertz CT molecular complexity index is 270. The predicted molar refractivity (Wildman–Crippen MR) is 48.0 cm³/mol. The molecule has 0 saturated carbocycles. The van der Waals surface area contributed by atoms with Gasteiger partial charge in [0.05, 0.1) is 24.2 Å². The molecule has 3 nitrogen and oxygen atoms in total. The van der Waals surface area contributed by atoms with Gasteiger partial charge in [-0.2, -0.15) is 0 Å². The van der Waals surface area contributed by atoms with Crippen molar-refractivity contribution in [1.82, 2.24) is 0 Å². The van der Waals surface area contributed by atoms with Crippen molar-refractivity contribution in [2.45, 2.75) is 12.5 Å². The third-order valence-corrected chi connectivity index (χ3v) is 3.51. The molecule has 12 heavy (non-hydrogen) atoms. The van der Waals surface area contributed by atoms with Crippen molar-refractivity contribution in [3.63, 3.8) is 0 Å². The Morgan fingerprint density at radius 3 is 2.75 bits per heavy atom. The number of hydrogen-bond donors (Lipinski definition) is 0. The predicted octanol–water partition coefficient (Wildman–Crippen LogP) is 0.943. The van der Waals surface area contributed by atoms with Crippen LogP contribution in [0.2, 0.25) is 0 Å². The second-order valence-electron chi connectivity index (χ2n) is 2.85. The number of hydrogen-bond acceptors (Lipinski definition) is 3. The summed E-state index contributed by atoms with van der Waals surface area (Å²) in [4.78, 5) is 0. The van der Waals surface area contributed by atoms with Crippen molar-refractivity contribution in [3.8, 4) is 0 Å².